The number of carboxylic acid groups (broad SMARTS) is 1. The van der Waals surface area contributed by atoms with Crippen LogP contribution in [0, 0.1) is 0 Å². The Kier molecular flexibility index (Phi) is 15.4. The summed E-state index contributed by atoms with van der Waals surface area (Å²) in [6.45, 7) is 7.86. The number of nitrogens with one attached hydrogen (secondary N) is 3. The van der Waals surface area contributed by atoms with Crippen molar-refractivity contribution in [3.8, 4) is 0 Å². The lowest BCUT2D eigenvalue weighted by Crippen LogP contribution is -2.63. The van der Waals surface area contributed by atoms with Crippen molar-refractivity contribution in [2.24, 2.45) is 5.73 Å². The highest BCUT2D eigenvalue weighted by molar-refractivity contribution is 5.96. The Morgan fingerprint density at radius 1 is 0.920 bits per heavy atom. The lowest BCUT2D eigenvalue weighted by atomic mass is 9.90. The van der Waals surface area contributed by atoms with Crippen LogP contribution >= 0.6 is 0 Å². The van der Waals surface area contributed by atoms with Crippen LogP contribution in [0.1, 0.15) is 71.9 Å². The second-order valence-corrected chi connectivity index (χ2v) is 12.5. The van der Waals surface area contributed by atoms with Crippen molar-refractivity contribution in [1.29, 1.82) is 0 Å². The van der Waals surface area contributed by atoms with E-state index in [-0.39, 0.29) is 37.9 Å². The number of ether oxygens (including phenoxy) is 5. The molecule has 7 N–H and O–H groups in total. The molecule has 1 aromatic rings. The molecule has 1 heterocycles. The van der Waals surface area contributed by atoms with Crippen molar-refractivity contribution >= 4 is 47.6 Å². The topological polar surface area (TPSA) is 268 Å². The number of aliphatic hydroxyl groups is 1. The molecule has 0 saturated carbocycles. The first-order valence-electron chi connectivity index (χ1n) is 15.8. The van der Waals surface area contributed by atoms with Crippen molar-refractivity contribution in [1.82, 2.24) is 10.6 Å². The van der Waals surface area contributed by atoms with Crippen molar-refractivity contribution in [2.45, 2.75) is 116 Å². The summed E-state index contributed by atoms with van der Waals surface area (Å²) < 4.78 is 26.9. The first kappa shape index (κ1) is 41.2. The Hall–Kier alpha value is -4.97. The van der Waals surface area contributed by atoms with E-state index >= 15 is 0 Å². The second kappa shape index (κ2) is 18.7. The van der Waals surface area contributed by atoms with E-state index in [9.17, 15) is 43.8 Å². The van der Waals surface area contributed by atoms with E-state index in [0.717, 1.165) is 20.8 Å². The normalized spacial score (nSPS) is 20.7. The number of rotatable bonds is 15. The number of carbonyl (C=O) groups excluding carboxylic acids is 6. The molecule has 1 aromatic carbocycles. The summed E-state index contributed by atoms with van der Waals surface area (Å²) >= 11 is 0. The van der Waals surface area contributed by atoms with Crippen molar-refractivity contribution in [3.05, 3.63) is 29.3 Å². The molecular formula is C32H46N4O14. The number of esters is 3. The van der Waals surface area contributed by atoms with E-state index in [1.807, 2.05) is 0 Å². The van der Waals surface area contributed by atoms with E-state index < -0.39 is 90.7 Å². The summed E-state index contributed by atoms with van der Waals surface area (Å²) in [6.07, 6.45) is -8.00. The van der Waals surface area contributed by atoms with Crippen LogP contribution in [0.2, 0.25) is 0 Å². The predicted molar refractivity (Wildman–Crippen MR) is 172 cm³/mol. The quantitative estimate of drug-likeness (QED) is 0.0844. The molecule has 0 aliphatic carbocycles. The summed E-state index contributed by atoms with van der Waals surface area (Å²) in [4.78, 5) is 85.0. The Bertz CT molecular complexity index is 1410. The van der Waals surface area contributed by atoms with Gasteiger partial charge >= 0.3 is 36.0 Å². The van der Waals surface area contributed by atoms with Gasteiger partial charge in [-0.05, 0) is 69.7 Å². The van der Waals surface area contributed by atoms with Crippen molar-refractivity contribution < 1.29 is 67.5 Å². The van der Waals surface area contributed by atoms with E-state index in [4.69, 9.17) is 29.4 Å². The molecule has 1 aliphatic heterocycles. The van der Waals surface area contributed by atoms with Crippen LogP contribution in [0.15, 0.2) is 18.2 Å². The van der Waals surface area contributed by atoms with Crippen LogP contribution in [0.25, 0.3) is 0 Å². The van der Waals surface area contributed by atoms with Gasteiger partial charge in [-0.2, -0.15) is 0 Å². The molecule has 0 radical (unpaired) electrons. The van der Waals surface area contributed by atoms with Gasteiger partial charge in [0, 0.05) is 33.0 Å². The van der Waals surface area contributed by atoms with Crippen LogP contribution < -0.4 is 21.7 Å². The second-order valence-electron chi connectivity index (χ2n) is 12.5. The van der Waals surface area contributed by atoms with Crippen LogP contribution in [-0.4, -0.2) is 101 Å². The van der Waals surface area contributed by atoms with E-state index in [0.29, 0.717) is 11.1 Å². The van der Waals surface area contributed by atoms with Crippen molar-refractivity contribution in [3.63, 3.8) is 0 Å². The minimum Gasteiger partial charge on any atom is -0.479 e. The number of carbonyl (C=O) groups is 7. The molecule has 278 valence electrons. The minimum atomic E-state index is -1.80. The molecule has 0 unspecified atom stereocenters. The van der Waals surface area contributed by atoms with Crippen LogP contribution in [0.3, 0.4) is 0 Å². The third-order valence-corrected chi connectivity index (χ3v) is 7.10. The zero-order valence-corrected chi connectivity index (χ0v) is 28.8. The van der Waals surface area contributed by atoms with Gasteiger partial charge in [-0.3, -0.25) is 19.2 Å². The average Bonchev–Trinajstić information content (AvgIpc) is 2.98. The summed E-state index contributed by atoms with van der Waals surface area (Å²) in [7, 11) is 0. The van der Waals surface area contributed by atoms with Gasteiger partial charge in [0.25, 0.3) is 0 Å². The smallest absolute Gasteiger partial charge is 0.408 e. The maximum absolute atomic E-state index is 13.3. The molecule has 2 rings (SSSR count). The van der Waals surface area contributed by atoms with Gasteiger partial charge in [0.2, 0.25) is 5.91 Å². The number of carboxylic acids is 1. The Labute approximate surface area is 288 Å². The number of aryl methyl sites for hydroxylation is 1. The number of hydrogen-bond donors (Lipinski definition) is 6. The average molecular weight is 711 g/mol. The monoisotopic (exact) mass is 710 g/mol. The fraction of sp³-hybridized carbons (Fsp3) is 0.594. The van der Waals surface area contributed by atoms with Gasteiger partial charge in [-0.25, -0.2) is 14.4 Å². The lowest BCUT2D eigenvalue weighted by Gasteiger charge is -2.43. The van der Waals surface area contributed by atoms with E-state index in [2.05, 4.69) is 16.0 Å². The van der Waals surface area contributed by atoms with Gasteiger partial charge in [-0.15, -0.1) is 0 Å². The highest BCUT2D eigenvalue weighted by atomic mass is 16.7. The van der Waals surface area contributed by atoms with Gasteiger partial charge in [0.05, 0.1) is 12.7 Å². The maximum Gasteiger partial charge on any atom is 0.408 e. The predicted octanol–water partition coefficient (Wildman–Crippen LogP) is 1.04. The molecule has 0 bridgehead atoms. The number of benzene rings is 1. The molecule has 1 fully saturated rings. The zero-order valence-electron chi connectivity index (χ0n) is 28.8. The number of alkyl carbamates (subject to hydrolysis) is 1. The number of primary amides is 1. The molecule has 6 atom stereocenters. The van der Waals surface area contributed by atoms with Gasteiger partial charge in [0.1, 0.15) is 11.6 Å². The largest absolute Gasteiger partial charge is 0.479 e. The van der Waals surface area contributed by atoms with Crippen LogP contribution in [-0.2, 0) is 60.7 Å². The number of aliphatic carboxylic acids is 1. The van der Waals surface area contributed by atoms with E-state index in [1.54, 1.807) is 32.9 Å². The molecule has 4 amide bonds. The van der Waals surface area contributed by atoms with Crippen molar-refractivity contribution in [2.75, 3.05) is 11.9 Å². The molecule has 1 aliphatic rings. The number of anilines is 1. The molecular weight excluding hydrogens is 664 g/mol. The number of hydrogen-bond acceptors (Lipinski definition) is 13. The lowest BCUT2D eigenvalue weighted by molar-refractivity contribution is -0.248. The summed E-state index contributed by atoms with van der Waals surface area (Å²) in [5.41, 5.74) is 5.45. The first-order chi connectivity index (χ1) is 23.3. The number of amides is 4. The van der Waals surface area contributed by atoms with Crippen LogP contribution in [0.5, 0.6) is 0 Å². The highest BCUT2D eigenvalue weighted by Gasteiger charge is 2.54. The first-order valence-corrected chi connectivity index (χ1v) is 15.8. The van der Waals surface area contributed by atoms with E-state index in [1.165, 1.54) is 6.07 Å². The fourth-order valence-electron chi connectivity index (χ4n) is 5.18. The third kappa shape index (κ3) is 13.5. The third-order valence-electron chi connectivity index (χ3n) is 7.10. The summed E-state index contributed by atoms with van der Waals surface area (Å²) in [5, 5.41) is 27.6. The summed E-state index contributed by atoms with van der Waals surface area (Å²) in [5.74, 6) is -4.70. The van der Waals surface area contributed by atoms with Gasteiger partial charge < -0.3 is 55.6 Å². The number of urea groups is 1. The highest BCUT2D eigenvalue weighted by Crippen LogP contribution is 2.32. The maximum atomic E-state index is 13.3. The molecule has 0 spiro atoms. The molecule has 1 saturated heterocycles. The Morgan fingerprint density at radius 3 is 2.06 bits per heavy atom. The van der Waals surface area contributed by atoms with Gasteiger partial charge in [0.15, 0.2) is 24.4 Å². The van der Waals surface area contributed by atoms with Gasteiger partial charge in [-0.1, -0.05) is 6.07 Å². The molecule has 0 aromatic heterocycles. The summed E-state index contributed by atoms with van der Waals surface area (Å²) in [6, 6.07) is 2.78. The van der Waals surface area contributed by atoms with Crippen LogP contribution in [0.4, 0.5) is 15.3 Å². The molecule has 18 nitrogen and oxygen atoms in total. The molecule has 18 heteroatoms. The number of nitrogens with two attached hydrogens (primary N) is 1. The standard InChI is InChI=1S/C32H46N4O14/c1-16(38)46-24-23(49-27(29(42)43)26(48-18(3)40)25(24)47-17(2)39)12-10-19-14-21(11-9-20(19)15-37)35-28(41)22(8-7-13-34-30(33)44)36-31(45)50-32(4,5)6/h9,11,14,22-27,37H,7-8,10,12-13,15H2,1-6H3,(H,35,41)(H,36,45)(H,42,43)(H3,33,34,44)/t22-,23-,24-,25+,26-,27-/m0/s1. The SMILES string of the molecule is CC(=O)O[C@@H]1[C@@H](OC(C)=O)[C@H](CCc2cc(NC(=O)[C@H](CCCNC(N)=O)NC(=O)OC(C)(C)C)ccc2CO)O[C@H](C(=O)O)[C@H]1OC(C)=O. The Balaban J connectivity index is 2.36. The zero-order chi connectivity index (χ0) is 37.8. The fourth-order valence-corrected chi connectivity index (χ4v) is 5.18. The Morgan fingerprint density at radius 2 is 1.52 bits per heavy atom. The number of aliphatic hydroxyl groups excluding tert-OH is 1. The molecule has 50 heavy (non-hydrogen) atoms. The minimum absolute atomic E-state index is 0.0492.